The van der Waals surface area contributed by atoms with E-state index in [4.69, 9.17) is 4.74 Å². The van der Waals surface area contributed by atoms with Crippen molar-refractivity contribution in [3.8, 4) is 5.88 Å². The Morgan fingerprint density at radius 3 is 2.73 bits per heavy atom. The van der Waals surface area contributed by atoms with Crippen LogP contribution in [0.5, 0.6) is 5.88 Å². The van der Waals surface area contributed by atoms with E-state index in [0.717, 1.165) is 49.2 Å². The quantitative estimate of drug-likeness (QED) is 0.553. The van der Waals surface area contributed by atoms with E-state index < -0.39 is 0 Å². The first-order chi connectivity index (χ1) is 14.6. The van der Waals surface area contributed by atoms with Crippen molar-refractivity contribution in [3.63, 3.8) is 0 Å². The zero-order valence-electron chi connectivity index (χ0n) is 17.1. The molecule has 5 rings (SSSR count). The lowest BCUT2D eigenvalue weighted by molar-refractivity contribution is 0.0918. The summed E-state index contributed by atoms with van der Waals surface area (Å²) in [6.45, 7) is 1.98. The Morgan fingerprint density at radius 1 is 1.20 bits per heavy atom. The number of fused-ring (bicyclic) bond motifs is 1. The van der Waals surface area contributed by atoms with E-state index in [2.05, 4.69) is 31.0 Å². The Labute approximate surface area is 174 Å². The van der Waals surface area contributed by atoms with Gasteiger partial charge in [-0.15, -0.1) is 0 Å². The molecule has 0 bridgehead atoms. The second kappa shape index (κ2) is 7.47. The van der Waals surface area contributed by atoms with Crippen molar-refractivity contribution in [1.29, 1.82) is 0 Å². The van der Waals surface area contributed by atoms with Gasteiger partial charge in [-0.25, -0.2) is 9.97 Å². The number of nitrogens with one attached hydrogen (secondary N) is 3. The minimum absolute atomic E-state index is 0.142. The zero-order valence-corrected chi connectivity index (χ0v) is 17.1. The van der Waals surface area contributed by atoms with Crippen LogP contribution in [0.15, 0.2) is 24.5 Å². The second-order valence-electron chi connectivity index (χ2n) is 7.98. The van der Waals surface area contributed by atoms with E-state index in [-0.39, 0.29) is 18.1 Å². The lowest BCUT2D eigenvalue weighted by Gasteiger charge is -2.26. The van der Waals surface area contributed by atoms with Gasteiger partial charge in [0, 0.05) is 25.4 Å². The standard InChI is InChI=1S/C21H25N7O2/c1-12-8-16(21(23-10-12)30-14-6-7-14)26-17-9-18(22-2)28-19(27-17)15(11-24-28)20(29)25-13-4-3-5-13/h8-11,13-14,22H,3-7H2,1-2H3,(H,25,29)(H,26,27). The highest BCUT2D eigenvalue weighted by molar-refractivity contribution is 6.00. The van der Waals surface area contributed by atoms with Crippen LogP contribution in [0.4, 0.5) is 17.3 Å². The fourth-order valence-electron chi connectivity index (χ4n) is 3.40. The van der Waals surface area contributed by atoms with E-state index in [9.17, 15) is 4.79 Å². The molecule has 30 heavy (non-hydrogen) atoms. The first-order valence-corrected chi connectivity index (χ1v) is 10.4. The monoisotopic (exact) mass is 407 g/mol. The summed E-state index contributed by atoms with van der Waals surface area (Å²) in [4.78, 5) is 21.9. The van der Waals surface area contributed by atoms with Gasteiger partial charge >= 0.3 is 0 Å². The normalized spacial score (nSPS) is 16.2. The van der Waals surface area contributed by atoms with Crippen LogP contribution in [0.1, 0.15) is 48.0 Å². The van der Waals surface area contributed by atoms with Crippen LogP contribution in [0, 0.1) is 6.92 Å². The molecule has 2 fully saturated rings. The zero-order chi connectivity index (χ0) is 20.7. The highest BCUT2D eigenvalue weighted by Crippen LogP contribution is 2.33. The van der Waals surface area contributed by atoms with Crippen LogP contribution in [0.3, 0.4) is 0 Å². The Hall–Kier alpha value is -3.36. The van der Waals surface area contributed by atoms with Gasteiger partial charge < -0.3 is 20.7 Å². The molecule has 2 aliphatic carbocycles. The van der Waals surface area contributed by atoms with Crippen molar-refractivity contribution in [1.82, 2.24) is 24.9 Å². The number of rotatable bonds is 7. The maximum absolute atomic E-state index is 12.7. The van der Waals surface area contributed by atoms with Gasteiger partial charge in [-0.3, -0.25) is 4.79 Å². The molecule has 0 atom stereocenters. The van der Waals surface area contributed by atoms with Crippen LogP contribution >= 0.6 is 0 Å². The van der Waals surface area contributed by atoms with Gasteiger partial charge in [0.25, 0.3) is 5.91 Å². The van der Waals surface area contributed by atoms with Crippen LogP contribution in [-0.4, -0.2) is 44.7 Å². The molecule has 2 aliphatic rings. The number of nitrogens with zero attached hydrogens (tertiary/aromatic N) is 4. The number of hydrogen-bond donors (Lipinski definition) is 3. The summed E-state index contributed by atoms with van der Waals surface area (Å²) in [5, 5.41) is 13.9. The molecule has 0 unspecified atom stereocenters. The van der Waals surface area contributed by atoms with Gasteiger partial charge in [0.1, 0.15) is 29.0 Å². The first kappa shape index (κ1) is 18.7. The molecule has 0 aliphatic heterocycles. The Bertz CT molecular complexity index is 1100. The Morgan fingerprint density at radius 2 is 2.03 bits per heavy atom. The molecule has 3 heterocycles. The van der Waals surface area contributed by atoms with Crippen molar-refractivity contribution >= 4 is 28.9 Å². The summed E-state index contributed by atoms with van der Waals surface area (Å²) in [6, 6.07) is 4.07. The van der Waals surface area contributed by atoms with Crippen LogP contribution in [0.2, 0.25) is 0 Å². The summed E-state index contributed by atoms with van der Waals surface area (Å²) < 4.78 is 7.57. The van der Waals surface area contributed by atoms with Crippen LogP contribution in [-0.2, 0) is 0 Å². The predicted octanol–water partition coefficient (Wildman–Crippen LogP) is 3.04. The maximum Gasteiger partial charge on any atom is 0.256 e. The first-order valence-electron chi connectivity index (χ1n) is 10.4. The third kappa shape index (κ3) is 3.62. The highest BCUT2D eigenvalue weighted by Gasteiger charge is 2.26. The maximum atomic E-state index is 12.7. The van der Waals surface area contributed by atoms with E-state index in [1.54, 1.807) is 16.9 Å². The average Bonchev–Trinajstić information content (AvgIpc) is 3.42. The van der Waals surface area contributed by atoms with Gasteiger partial charge in [-0.05, 0) is 50.7 Å². The number of amides is 1. The molecule has 1 amide bonds. The Kier molecular flexibility index (Phi) is 4.65. The van der Waals surface area contributed by atoms with Crippen molar-refractivity contribution < 1.29 is 9.53 Å². The fraction of sp³-hybridized carbons (Fsp3) is 0.429. The van der Waals surface area contributed by atoms with Gasteiger partial charge in [0.05, 0.1) is 6.20 Å². The molecular formula is C21H25N7O2. The molecule has 0 spiro atoms. The molecule has 3 N–H and O–H groups in total. The van der Waals surface area contributed by atoms with Gasteiger partial charge in [0.2, 0.25) is 5.88 Å². The molecule has 3 aromatic rings. The molecule has 0 radical (unpaired) electrons. The number of hydrogen-bond acceptors (Lipinski definition) is 7. The summed E-state index contributed by atoms with van der Waals surface area (Å²) in [7, 11) is 1.81. The average molecular weight is 407 g/mol. The molecule has 0 saturated heterocycles. The largest absolute Gasteiger partial charge is 0.473 e. The van der Waals surface area contributed by atoms with Crippen molar-refractivity contribution in [3.05, 3.63) is 35.7 Å². The van der Waals surface area contributed by atoms with E-state index in [1.807, 2.05) is 26.1 Å². The highest BCUT2D eigenvalue weighted by atomic mass is 16.5. The van der Waals surface area contributed by atoms with Gasteiger partial charge in [0.15, 0.2) is 5.65 Å². The second-order valence-corrected chi connectivity index (χ2v) is 7.98. The molecule has 156 valence electrons. The summed E-state index contributed by atoms with van der Waals surface area (Å²) in [5.41, 5.74) is 2.71. The molecular weight excluding hydrogens is 382 g/mol. The molecule has 2 saturated carbocycles. The minimum Gasteiger partial charge on any atom is -0.473 e. The number of anilines is 3. The van der Waals surface area contributed by atoms with Crippen molar-refractivity contribution in [2.75, 3.05) is 17.7 Å². The SMILES string of the molecule is CNc1cc(Nc2cc(C)cnc2OC2CC2)nc2c(C(=O)NC3CCC3)cnn12. The van der Waals surface area contributed by atoms with Gasteiger partial charge in [-0.2, -0.15) is 9.61 Å². The smallest absolute Gasteiger partial charge is 0.256 e. The van der Waals surface area contributed by atoms with E-state index in [1.165, 1.54) is 0 Å². The van der Waals surface area contributed by atoms with Crippen molar-refractivity contribution in [2.45, 2.75) is 51.2 Å². The summed E-state index contributed by atoms with van der Waals surface area (Å²) >= 11 is 0. The predicted molar refractivity (Wildman–Crippen MR) is 114 cm³/mol. The molecule has 0 aromatic carbocycles. The Balaban J connectivity index is 1.49. The fourth-order valence-corrected chi connectivity index (χ4v) is 3.40. The number of carbonyl (C=O) groups excluding carboxylic acids is 1. The van der Waals surface area contributed by atoms with Crippen LogP contribution < -0.4 is 20.7 Å². The number of aromatic nitrogens is 4. The third-order valence-electron chi connectivity index (χ3n) is 5.47. The number of pyridine rings is 1. The van der Waals surface area contributed by atoms with Crippen LogP contribution in [0.25, 0.3) is 5.65 Å². The third-order valence-corrected chi connectivity index (χ3v) is 5.47. The number of carbonyl (C=O) groups is 1. The lowest BCUT2D eigenvalue weighted by Crippen LogP contribution is -2.39. The van der Waals surface area contributed by atoms with Gasteiger partial charge in [-0.1, -0.05) is 0 Å². The number of ether oxygens (including phenoxy) is 1. The summed E-state index contributed by atoms with van der Waals surface area (Å²) in [6.07, 6.45) is 8.91. The summed E-state index contributed by atoms with van der Waals surface area (Å²) in [5.74, 6) is 1.72. The molecule has 3 aromatic heterocycles. The lowest BCUT2D eigenvalue weighted by atomic mass is 9.93. The minimum atomic E-state index is -0.142. The number of aryl methyl sites for hydroxylation is 1. The molecule has 9 nitrogen and oxygen atoms in total. The topological polar surface area (TPSA) is 105 Å². The van der Waals surface area contributed by atoms with E-state index in [0.29, 0.717) is 22.9 Å². The van der Waals surface area contributed by atoms with E-state index >= 15 is 0 Å². The molecule has 9 heteroatoms. The van der Waals surface area contributed by atoms with Crippen molar-refractivity contribution in [2.24, 2.45) is 0 Å².